The van der Waals surface area contributed by atoms with Crippen LogP contribution in [0.1, 0.15) is 26.7 Å². The molecule has 15 heavy (non-hydrogen) atoms. The third-order valence-electron chi connectivity index (χ3n) is 2.63. The van der Waals surface area contributed by atoms with Crippen molar-refractivity contribution < 1.29 is 9.53 Å². The monoisotopic (exact) mass is 214 g/mol. The van der Waals surface area contributed by atoms with Crippen LogP contribution in [0.25, 0.3) is 0 Å². The minimum atomic E-state index is 0.111. The summed E-state index contributed by atoms with van der Waals surface area (Å²) in [5, 5.41) is 6.22. The molecule has 1 aliphatic heterocycles. The van der Waals surface area contributed by atoms with E-state index in [2.05, 4.69) is 10.6 Å². The van der Waals surface area contributed by atoms with Gasteiger partial charge in [0.2, 0.25) is 5.91 Å². The molecule has 4 nitrogen and oxygen atoms in total. The van der Waals surface area contributed by atoms with Crippen LogP contribution in [0.3, 0.4) is 0 Å². The zero-order valence-corrected chi connectivity index (χ0v) is 9.71. The Labute approximate surface area is 91.8 Å². The minimum absolute atomic E-state index is 0.111. The van der Waals surface area contributed by atoms with Crippen molar-refractivity contribution in [3.8, 4) is 0 Å². The highest BCUT2D eigenvalue weighted by Crippen LogP contribution is 2.09. The molecule has 1 saturated heterocycles. The van der Waals surface area contributed by atoms with Crippen LogP contribution in [-0.2, 0) is 9.53 Å². The molecule has 0 bridgehead atoms. The number of nitrogens with one attached hydrogen (secondary N) is 2. The minimum Gasteiger partial charge on any atom is -0.380 e. The fraction of sp³-hybridized carbons (Fsp3) is 0.909. The third-order valence-corrected chi connectivity index (χ3v) is 2.63. The van der Waals surface area contributed by atoms with E-state index in [-0.39, 0.29) is 17.9 Å². The first-order valence-electron chi connectivity index (χ1n) is 5.83. The summed E-state index contributed by atoms with van der Waals surface area (Å²) in [4.78, 5) is 11.8. The van der Waals surface area contributed by atoms with Gasteiger partial charge in [-0.05, 0) is 33.2 Å². The van der Waals surface area contributed by atoms with Crippen molar-refractivity contribution in [2.45, 2.75) is 32.7 Å². The van der Waals surface area contributed by atoms with E-state index >= 15 is 0 Å². The van der Waals surface area contributed by atoms with E-state index in [0.29, 0.717) is 13.2 Å². The molecule has 4 heteroatoms. The SMILES string of the molecule is CCOCC(C)NC(=O)[C@@H]1CCCNC1. The summed E-state index contributed by atoms with van der Waals surface area (Å²) in [6.07, 6.45) is 2.10. The summed E-state index contributed by atoms with van der Waals surface area (Å²) in [5.74, 6) is 0.303. The standard InChI is InChI=1S/C11H22N2O2/c1-3-15-8-9(2)13-11(14)10-5-4-6-12-7-10/h9-10,12H,3-8H2,1-2H3,(H,13,14)/t9?,10-/m1/s1. The zero-order valence-electron chi connectivity index (χ0n) is 9.71. The molecule has 1 unspecified atom stereocenters. The number of carbonyl (C=O) groups is 1. The Morgan fingerprint density at radius 1 is 1.67 bits per heavy atom. The summed E-state index contributed by atoms with van der Waals surface area (Å²) < 4.78 is 5.25. The molecule has 1 aliphatic rings. The van der Waals surface area contributed by atoms with E-state index < -0.39 is 0 Å². The molecule has 1 fully saturated rings. The Morgan fingerprint density at radius 2 is 2.47 bits per heavy atom. The molecule has 0 saturated carbocycles. The summed E-state index contributed by atoms with van der Waals surface area (Å²) in [6, 6.07) is 0.111. The first-order chi connectivity index (χ1) is 7.24. The average Bonchev–Trinajstić information content (AvgIpc) is 2.27. The Balaban J connectivity index is 2.21. The molecule has 0 aromatic heterocycles. The fourth-order valence-corrected chi connectivity index (χ4v) is 1.77. The second-order valence-electron chi connectivity index (χ2n) is 4.11. The number of piperidine rings is 1. The maximum Gasteiger partial charge on any atom is 0.224 e. The first kappa shape index (κ1) is 12.5. The van der Waals surface area contributed by atoms with Gasteiger partial charge in [-0.15, -0.1) is 0 Å². The van der Waals surface area contributed by atoms with Gasteiger partial charge >= 0.3 is 0 Å². The van der Waals surface area contributed by atoms with Crippen molar-refractivity contribution in [3.63, 3.8) is 0 Å². The highest BCUT2D eigenvalue weighted by molar-refractivity contribution is 5.79. The lowest BCUT2D eigenvalue weighted by Crippen LogP contribution is -2.44. The van der Waals surface area contributed by atoms with Gasteiger partial charge in [0.15, 0.2) is 0 Å². The van der Waals surface area contributed by atoms with Gasteiger partial charge in [-0.25, -0.2) is 0 Å². The van der Waals surface area contributed by atoms with E-state index in [1.165, 1.54) is 0 Å². The maximum absolute atomic E-state index is 11.8. The normalized spacial score (nSPS) is 23.5. The second-order valence-corrected chi connectivity index (χ2v) is 4.11. The van der Waals surface area contributed by atoms with Crippen LogP contribution in [0.5, 0.6) is 0 Å². The molecule has 0 aliphatic carbocycles. The molecular weight excluding hydrogens is 192 g/mol. The van der Waals surface area contributed by atoms with E-state index in [1.807, 2.05) is 13.8 Å². The number of ether oxygens (including phenoxy) is 1. The van der Waals surface area contributed by atoms with Gasteiger partial charge < -0.3 is 15.4 Å². The lowest BCUT2D eigenvalue weighted by atomic mass is 9.98. The molecule has 0 aromatic rings. The lowest BCUT2D eigenvalue weighted by molar-refractivity contribution is -0.126. The molecule has 0 radical (unpaired) electrons. The van der Waals surface area contributed by atoms with Crippen molar-refractivity contribution in [3.05, 3.63) is 0 Å². The van der Waals surface area contributed by atoms with Crippen LogP contribution in [0.15, 0.2) is 0 Å². The van der Waals surface area contributed by atoms with Crippen molar-refractivity contribution in [2.24, 2.45) is 5.92 Å². The predicted octanol–water partition coefficient (Wildman–Crippen LogP) is 0.527. The molecule has 1 rings (SSSR count). The molecular formula is C11H22N2O2. The van der Waals surface area contributed by atoms with Gasteiger partial charge in [0.1, 0.15) is 0 Å². The van der Waals surface area contributed by atoms with E-state index in [9.17, 15) is 4.79 Å². The molecule has 2 atom stereocenters. The van der Waals surface area contributed by atoms with E-state index in [1.54, 1.807) is 0 Å². The Morgan fingerprint density at radius 3 is 3.07 bits per heavy atom. The average molecular weight is 214 g/mol. The van der Waals surface area contributed by atoms with Crippen molar-refractivity contribution in [1.82, 2.24) is 10.6 Å². The Hall–Kier alpha value is -0.610. The first-order valence-corrected chi connectivity index (χ1v) is 5.83. The third kappa shape index (κ3) is 4.62. The number of amides is 1. The van der Waals surface area contributed by atoms with Crippen molar-refractivity contribution in [1.29, 1.82) is 0 Å². The summed E-state index contributed by atoms with van der Waals surface area (Å²) in [5.41, 5.74) is 0. The van der Waals surface area contributed by atoms with Crippen molar-refractivity contribution >= 4 is 5.91 Å². The maximum atomic E-state index is 11.8. The topological polar surface area (TPSA) is 50.4 Å². The van der Waals surface area contributed by atoms with Crippen molar-refractivity contribution in [2.75, 3.05) is 26.3 Å². The van der Waals surface area contributed by atoms with Gasteiger partial charge in [0, 0.05) is 19.2 Å². The Kier molecular flexibility index (Phi) is 5.65. The quantitative estimate of drug-likeness (QED) is 0.702. The van der Waals surface area contributed by atoms with Gasteiger partial charge in [-0.3, -0.25) is 4.79 Å². The Bertz CT molecular complexity index is 191. The number of carbonyl (C=O) groups excluding carboxylic acids is 1. The van der Waals surface area contributed by atoms with Crippen LogP contribution in [0.4, 0.5) is 0 Å². The number of hydrogen-bond acceptors (Lipinski definition) is 3. The largest absolute Gasteiger partial charge is 0.380 e. The van der Waals surface area contributed by atoms with Gasteiger partial charge in [-0.1, -0.05) is 0 Å². The number of hydrogen-bond donors (Lipinski definition) is 2. The summed E-state index contributed by atoms with van der Waals surface area (Å²) >= 11 is 0. The van der Waals surface area contributed by atoms with Crippen LogP contribution >= 0.6 is 0 Å². The number of rotatable bonds is 5. The van der Waals surface area contributed by atoms with Crippen LogP contribution in [-0.4, -0.2) is 38.3 Å². The molecule has 1 amide bonds. The molecule has 0 spiro atoms. The van der Waals surface area contributed by atoms with Gasteiger partial charge in [0.05, 0.1) is 12.5 Å². The van der Waals surface area contributed by atoms with Gasteiger partial charge in [-0.2, -0.15) is 0 Å². The highest BCUT2D eigenvalue weighted by atomic mass is 16.5. The lowest BCUT2D eigenvalue weighted by Gasteiger charge is -2.23. The van der Waals surface area contributed by atoms with Gasteiger partial charge in [0.25, 0.3) is 0 Å². The molecule has 0 aromatic carbocycles. The van der Waals surface area contributed by atoms with E-state index in [0.717, 1.165) is 25.9 Å². The zero-order chi connectivity index (χ0) is 11.1. The molecule has 88 valence electrons. The van der Waals surface area contributed by atoms with E-state index in [4.69, 9.17) is 4.74 Å². The molecule has 2 N–H and O–H groups in total. The summed E-state index contributed by atoms with van der Waals surface area (Å²) in [6.45, 7) is 7.09. The van der Waals surface area contributed by atoms with Crippen LogP contribution < -0.4 is 10.6 Å². The smallest absolute Gasteiger partial charge is 0.224 e. The highest BCUT2D eigenvalue weighted by Gasteiger charge is 2.21. The van der Waals surface area contributed by atoms with Crippen LogP contribution in [0, 0.1) is 5.92 Å². The summed E-state index contributed by atoms with van der Waals surface area (Å²) in [7, 11) is 0. The second kappa shape index (κ2) is 6.80. The fourth-order valence-electron chi connectivity index (χ4n) is 1.77. The predicted molar refractivity (Wildman–Crippen MR) is 59.7 cm³/mol. The van der Waals surface area contributed by atoms with Crippen LogP contribution in [0.2, 0.25) is 0 Å². The molecule has 1 heterocycles.